The van der Waals surface area contributed by atoms with E-state index >= 15 is 0 Å². The lowest BCUT2D eigenvalue weighted by atomic mass is 10.1. The quantitative estimate of drug-likeness (QED) is 0.552. The first-order chi connectivity index (χ1) is 15.1. The number of benzene rings is 1. The highest BCUT2D eigenvalue weighted by atomic mass is 16.2. The summed E-state index contributed by atoms with van der Waals surface area (Å²) in [7, 11) is 1.91. The van der Waals surface area contributed by atoms with E-state index in [1.54, 1.807) is 4.68 Å². The predicted octanol–water partition coefficient (Wildman–Crippen LogP) is 2.08. The largest absolute Gasteiger partial charge is 0.365 e. The molecule has 4 heterocycles. The molecular formula is C23H25N7O. The third kappa shape index (κ3) is 3.66. The molecule has 3 aromatic heterocycles. The molecule has 8 heteroatoms. The second-order valence-electron chi connectivity index (χ2n) is 7.88. The number of hydrogen-bond acceptors (Lipinski definition) is 5. The first kappa shape index (κ1) is 19.3. The monoisotopic (exact) mass is 415 g/mol. The van der Waals surface area contributed by atoms with E-state index in [9.17, 15) is 4.79 Å². The molecule has 1 aliphatic rings. The lowest BCUT2D eigenvalue weighted by Gasteiger charge is -2.36. The Hall–Kier alpha value is -3.65. The maximum absolute atomic E-state index is 12.8. The molecule has 1 aromatic carbocycles. The highest BCUT2D eigenvalue weighted by molar-refractivity contribution is 5.83. The number of piperazine rings is 1. The molecule has 1 atom stereocenters. The number of fused-ring (bicyclic) bond motifs is 1. The summed E-state index contributed by atoms with van der Waals surface area (Å²) in [6.07, 6.45) is 7.76. The molecule has 0 saturated carbocycles. The third-order valence-corrected chi connectivity index (χ3v) is 5.89. The van der Waals surface area contributed by atoms with Crippen molar-refractivity contribution in [3.63, 3.8) is 0 Å². The first-order valence-electron chi connectivity index (χ1n) is 10.4. The summed E-state index contributed by atoms with van der Waals surface area (Å²) in [5.74, 6) is -0.0215. The molecule has 0 spiro atoms. The molecule has 1 saturated heterocycles. The minimum Gasteiger partial charge on any atom is -0.365 e. The average molecular weight is 416 g/mol. The summed E-state index contributed by atoms with van der Waals surface area (Å²) in [6.45, 7) is 2.78. The molecule has 158 valence electrons. The van der Waals surface area contributed by atoms with Crippen LogP contribution in [-0.4, -0.2) is 56.4 Å². The van der Waals surface area contributed by atoms with Gasteiger partial charge in [0.25, 0.3) is 0 Å². The van der Waals surface area contributed by atoms with E-state index in [1.807, 2.05) is 71.6 Å². The van der Waals surface area contributed by atoms with Crippen LogP contribution in [0.1, 0.15) is 11.6 Å². The Morgan fingerprint density at radius 3 is 2.42 bits per heavy atom. The number of aryl methyl sites for hydroxylation is 1. The van der Waals surface area contributed by atoms with E-state index in [0.717, 1.165) is 41.0 Å². The van der Waals surface area contributed by atoms with E-state index < -0.39 is 6.04 Å². The number of hydrogen-bond donors (Lipinski definition) is 1. The van der Waals surface area contributed by atoms with Crippen LogP contribution in [0.3, 0.4) is 0 Å². The minimum absolute atomic E-state index is 0.0215. The zero-order valence-corrected chi connectivity index (χ0v) is 17.4. The van der Waals surface area contributed by atoms with E-state index in [2.05, 4.69) is 27.2 Å². The van der Waals surface area contributed by atoms with E-state index in [-0.39, 0.29) is 5.91 Å². The molecule has 0 aliphatic carbocycles. The smallest absolute Gasteiger partial charge is 0.244 e. The van der Waals surface area contributed by atoms with Gasteiger partial charge in [-0.3, -0.25) is 9.48 Å². The van der Waals surface area contributed by atoms with Crippen molar-refractivity contribution in [2.75, 3.05) is 31.1 Å². The Balaban J connectivity index is 1.29. The van der Waals surface area contributed by atoms with Crippen LogP contribution >= 0.6 is 0 Å². The molecule has 4 aromatic rings. The first-order valence-corrected chi connectivity index (χ1v) is 10.4. The van der Waals surface area contributed by atoms with Gasteiger partial charge >= 0.3 is 0 Å². The molecule has 8 nitrogen and oxygen atoms in total. The van der Waals surface area contributed by atoms with Gasteiger partial charge in [-0.25, -0.2) is 4.52 Å². The molecular weight excluding hydrogens is 390 g/mol. The lowest BCUT2D eigenvalue weighted by Crippen LogP contribution is -2.51. The van der Waals surface area contributed by atoms with Gasteiger partial charge in [0, 0.05) is 56.7 Å². The third-order valence-electron chi connectivity index (χ3n) is 5.89. The van der Waals surface area contributed by atoms with Gasteiger partial charge in [-0.05, 0) is 11.6 Å². The molecule has 0 unspecified atom stereocenters. The maximum Gasteiger partial charge on any atom is 0.244 e. The Labute approximate surface area is 180 Å². The van der Waals surface area contributed by atoms with E-state index in [0.29, 0.717) is 13.1 Å². The van der Waals surface area contributed by atoms with Gasteiger partial charge in [0.2, 0.25) is 5.91 Å². The van der Waals surface area contributed by atoms with Crippen LogP contribution in [0.15, 0.2) is 67.3 Å². The normalized spacial score (nSPS) is 15.4. The number of pyridine rings is 1. The Morgan fingerprint density at radius 1 is 0.935 bits per heavy atom. The molecule has 1 fully saturated rings. The topological polar surface area (TPSA) is 84.7 Å². The summed E-state index contributed by atoms with van der Waals surface area (Å²) in [6, 6.07) is 13.1. The van der Waals surface area contributed by atoms with Crippen molar-refractivity contribution in [3.05, 3.63) is 72.8 Å². The van der Waals surface area contributed by atoms with Crippen LogP contribution in [0.2, 0.25) is 0 Å². The van der Waals surface area contributed by atoms with E-state index in [4.69, 9.17) is 5.73 Å². The number of anilines is 1. The number of aromatic nitrogens is 4. The fourth-order valence-corrected chi connectivity index (χ4v) is 4.12. The molecule has 2 N–H and O–H groups in total. The van der Waals surface area contributed by atoms with Gasteiger partial charge < -0.3 is 15.5 Å². The molecule has 5 rings (SSSR count). The fraction of sp³-hybridized carbons (Fsp3) is 0.261. The Bertz CT molecular complexity index is 1210. The van der Waals surface area contributed by atoms with Gasteiger partial charge in [-0.15, -0.1) is 0 Å². The second kappa shape index (κ2) is 7.88. The standard InChI is InChI=1S/C23H25N7O/c1-27-15-19(13-25-27)18-7-8-20-21(14-26-30(20)16-18)28-9-11-29(12-10-28)23(31)22(24)17-5-3-2-4-6-17/h2-8,13-16,22H,9-12,24H2,1H3/t22-/m1/s1. The van der Waals surface area contributed by atoms with Crippen molar-refractivity contribution < 1.29 is 4.79 Å². The molecule has 31 heavy (non-hydrogen) atoms. The van der Waals surface area contributed by atoms with Gasteiger partial charge in [0.05, 0.1) is 23.6 Å². The van der Waals surface area contributed by atoms with E-state index in [1.165, 1.54) is 0 Å². The molecule has 1 amide bonds. The van der Waals surface area contributed by atoms with Crippen LogP contribution in [0.4, 0.5) is 5.69 Å². The summed E-state index contributed by atoms with van der Waals surface area (Å²) in [5, 5.41) is 8.80. The van der Waals surface area contributed by atoms with Crippen molar-refractivity contribution in [1.29, 1.82) is 0 Å². The second-order valence-corrected chi connectivity index (χ2v) is 7.88. The van der Waals surface area contributed by atoms with Gasteiger partial charge in [-0.1, -0.05) is 36.4 Å². The molecule has 0 bridgehead atoms. The average Bonchev–Trinajstić information content (AvgIpc) is 3.44. The van der Waals surface area contributed by atoms with Crippen molar-refractivity contribution in [2.45, 2.75) is 6.04 Å². The maximum atomic E-state index is 12.8. The van der Waals surface area contributed by atoms with Gasteiger partial charge in [-0.2, -0.15) is 10.2 Å². The van der Waals surface area contributed by atoms with Crippen LogP contribution in [0.5, 0.6) is 0 Å². The zero-order valence-electron chi connectivity index (χ0n) is 17.4. The number of nitrogens with two attached hydrogens (primary N) is 1. The summed E-state index contributed by atoms with van der Waals surface area (Å²) in [4.78, 5) is 17.0. The highest BCUT2D eigenvalue weighted by Crippen LogP contribution is 2.26. The number of nitrogens with zero attached hydrogens (tertiary/aromatic N) is 6. The number of carbonyl (C=O) groups excluding carboxylic acids is 1. The zero-order chi connectivity index (χ0) is 21.4. The van der Waals surface area contributed by atoms with Gasteiger partial charge in [0.1, 0.15) is 6.04 Å². The summed E-state index contributed by atoms with van der Waals surface area (Å²) < 4.78 is 3.69. The molecule has 1 aliphatic heterocycles. The number of carbonyl (C=O) groups is 1. The summed E-state index contributed by atoms with van der Waals surface area (Å²) >= 11 is 0. The molecule has 0 radical (unpaired) electrons. The van der Waals surface area contributed by atoms with Crippen LogP contribution in [-0.2, 0) is 11.8 Å². The Morgan fingerprint density at radius 2 is 1.71 bits per heavy atom. The van der Waals surface area contributed by atoms with Crippen molar-refractivity contribution in [2.24, 2.45) is 12.8 Å². The van der Waals surface area contributed by atoms with Crippen LogP contribution < -0.4 is 10.6 Å². The van der Waals surface area contributed by atoms with Crippen LogP contribution in [0.25, 0.3) is 16.6 Å². The van der Waals surface area contributed by atoms with Crippen molar-refractivity contribution in [1.82, 2.24) is 24.3 Å². The predicted molar refractivity (Wildman–Crippen MR) is 120 cm³/mol. The number of rotatable bonds is 4. The number of amides is 1. The Kier molecular flexibility index (Phi) is 4.91. The van der Waals surface area contributed by atoms with Crippen LogP contribution in [0, 0.1) is 0 Å². The summed E-state index contributed by atoms with van der Waals surface area (Å²) in [5.41, 5.74) is 11.3. The highest BCUT2D eigenvalue weighted by Gasteiger charge is 2.27. The van der Waals surface area contributed by atoms with Gasteiger partial charge in [0.15, 0.2) is 0 Å². The SMILES string of the molecule is Cn1cc(-c2ccc3c(N4CCN(C(=O)[C@H](N)c5ccccc5)CC4)cnn3c2)cn1. The fourth-order valence-electron chi connectivity index (χ4n) is 4.12. The van der Waals surface area contributed by atoms with Crippen molar-refractivity contribution in [3.8, 4) is 11.1 Å². The lowest BCUT2D eigenvalue weighted by molar-refractivity contribution is -0.133. The van der Waals surface area contributed by atoms with Crippen molar-refractivity contribution >= 4 is 17.1 Å². The minimum atomic E-state index is -0.615.